The van der Waals surface area contributed by atoms with Gasteiger partial charge in [-0.1, -0.05) is 134 Å². The van der Waals surface area contributed by atoms with Crippen LogP contribution in [0.2, 0.25) is 0 Å². The molecule has 2 rings (SSSR count). The van der Waals surface area contributed by atoms with Crippen molar-refractivity contribution in [1.82, 2.24) is 0 Å². The molecular weight excluding hydrogens is 875 g/mol. The summed E-state index contributed by atoms with van der Waals surface area (Å²) in [4.78, 5) is 50.1. The summed E-state index contributed by atoms with van der Waals surface area (Å²) < 4.78 is 34.7. The zero-order valence-electron chi connectivity index (χ0n) is 39.7. The van der Waals surface area contributed by atoms with Gasteiger partial charge in [-0.3, -0.25) is 23.4 Å². The zero-order chi connectivity index (χ0) is 48.7. The molecule has 0 spiro atoms. The van der Waals surface area contributed by atoms with Gasteiger partial charge in [-0.25, -0.2) is 4.57 Å². The Labute approximate surface area is 393 Å². The lowest BCUT2D eigenvalue weighted by molar-refractivity contribution is -0.166. The van der Waals surface area contributed by atoms with Gasteiger partial charge in [0.1, 0.15) is 36.8 Å². The molecule has 66 heavy (non-hydrogen) atoms. The number of rotatable bonds is 24. The molecule has 1 fully saturated rings. The zero-order valence-corrected chi connectivity index (χ0v) is 40.6. The number of carbonyl (C=O) groups is 3. The molecule has 16 nitrogen and oxygen atoms in total. The van der Waals surface area contributed by atoms with Crippen molar-refractivity contribution in [1.29, 1.82) is 0 Å². The molecule has 1 saturated carbocycles. The van der Waals surface area contributed by atoms with Gasteiger partial charge in [-0.2, -0.15) is 0 Å². The maximum absolute atomic E-state index is 13.6. The predicted octanol–water partition coefficient (Wildman–Crippen LogP) is 6.76. The van der Waals surface area contributed by atoms with Gasteiger partial charge in [0.25, 0.3) is 0 Å². The average Bonchev–Trinajstić information content (AvgIpc) is 3.28. The number of aliphatic hydroxyl groups excluding tert-OH is 7. The highest BCUT2D eigenvalue weighted by Gasteiger charge is 2.49. The molecule has 1 unspecified atom stereocenters. The number of esters is 2. The van der Waals surface area contributed by atoms with Crippen LogP contribution >= 0.6 is 7.82 Å². The molecule has 0 radical (unpaired) electrons. The highest BCUT2D eigenvalue weighted by atomic mass is 31.2. The molecule has 1 aliphatic carbocycles. The van der Waals surface area contributed by atoms with Crippen molar-refractivity contribution in [2.75, 3.05) is 13.2 Å². The fourth-order valence-corrected chi connectivity index (χ4v) is 9.14. The Morgan fingerprint density at radius 1 is 0.773 bits per heavy atom. The number of ketones is 1. The van der Waals surface area contributed by atoms with Crippen molar-refractivity contribution in [3.05, 3.63) is 36.5 Å². The summed E-state index contributed by atoms with van der Waals surface area (Å²) in [5.74, 6) is -5.09. The third kappa shape index (κ3) is 24.8. The molecule has 1 aliphatic heterocycles. The summed E-state index contributed by atoms with van der Waals surface area (Å²) in [5, 5.41) is 78.6. The number of carbonyl (C=O) groups excluding carboxylic acids is 3. The Bertz CT molecular complexity index is 1470. The number of fused-ring (bicyclic) bond motifs is 4. The van der Waals surface area contributed by atoms with Crippen LogP contribution < -0.4 is 0 Å². The van der Waals surface area contributed by atoms with Gasteiger partial charge < -0.3 is 50.1 Å². The van der Waals surface area contributed by atoms with Crippen molar-refractivity contribution >= 4 is 25.5 Å². The summed E-state index contributed by atoms with van der Waals surface area (Å²) in [7, 11) is -5.46. The molecule has 17 heteroatoms. The van der Waals surface area contributed by atoms with Crippen LogP contribution in [0.3, 0.4) is 0 Å². The van der Waals surface area contributed by atoms with E-state index in [9.17, 15) is 59.6 Å². The quantitative estimate of drug-likeness (QED) is 0.0215. The summed E-state index contributed by atoms with van der Waals surface area (Å²) in [5.41, 5.74) is 0. The third-order valence-electron chi connectivity index (χ3n) is 12.3. The highest BCUT2D eigenvalue weighted by Crippen LogP contribution is 2.47. The smallest absolute Gasteiger partial charge is 0.462 e. The molecule has 0 aromatic rings. The Hall–Kier alpha value is -2.34. The number of ether oxygens (including phenoxy) is 2. The first kappa shape index (κ1) is 59.8. The molecule has 1 heterocycles. The second-order valence-corrected chi connectivity index (χ2v) is 19.5. The Kier molecular flexibility index (Phi) is 31.6. The third-order valence-corrected chi connectivity index (χ3v) is 13.3. The SMILES string of the molecule is CCCCCCCC/C=C\CCCCCCCCCC(=O)O[C@@H]1COC(=O)CCC/C=C\C[C@H]2C(=O)C[C@@H](O)[C@H](/C=C/[C@@H](O)CCCCC)[C@@H](O)[C@@H](O)[C@@H](OP(=O)(O)OC1)[C@H](O)[C@@H](O)[C@@H]2O. The van der Waals surface area contributed by atoms with E-state index < -0.39 is 112 Å². The molecule has 0 amide bonds. The number of cyclic esters (lactones) is 1. The minimum absolute atomic E-state index is 0.0206. The number of Topliss-reactive ketones (excluding diaryl/α,β-unsaturated/α-hetero) is 1. The van der Waals surface area contributed by atoms with E-state index in [0.29, 0.717) is 32.1 Å². The van der Waals surface area contributed by atoms with Crippen molar-refractivity contribution in [3.8, 4) is 0 Å². The number of aliphatic hydroxyl groups is 7. The Morgan fingerprint density at radius 3 is 2.02 bits per heavy atom. The molecule has 0 aromatic carbocycles. The van der Waals surface area contributed by atoms with E-state index in [-0.39, 0.29) is 19.3 Å². The second kappa shape index (κ2) is 34.9. The van der Waals surface area contributed by atoms with Crippen LogP contribution in [0, 0.1) is 11.8 Å². The Balaban J connectivity index is 2.14. The van der Waals surface area contributed by atoms with Crippen molar-refractivity contribution in [2.45, 2.75) is 229 Å². The summed E-state index contributed by atoms with van der Waals surface area (Å²) in [6.45, 7) is 2.80. The average molecular weight is 961 g/mol. The first-order valence-corrected chi connectivity index (χ1v) is 26.4. The first-order chi connectivity index (χ1) is 31.6. The van der Waals surface area contributed by atoms with Crippen LogP contribution in [0.25, 0.3) is 0 Å². The normalized spacial score (nSPS) is 31.2. The molecule has 0 aromatic heterocycles. The maximum atomic E-state index is 13.6. The van der Waals surface area contributed by atoms with Crippen molar-refractivity contribution in [2.24, 2.45) is 11.8 Å². The van der Waals surface area contributed by atoms with Gasteiger partial charge in [-0.05, 0) is 57.8 Å². The standard InChI is InChI=1S/C49H85O16P/c1-3-5-7-8-9-10-11-12-13-14-15-16-17-18-19-20-26-30-43(54)64-37-34-62-42(53)29-25-22-21-24-28-38-40(51)33-41(52)39(32-31-36(50)27-23-6-4-2)45(56)47(58)49(48(59)46(57)44(38)55)65-66(60,61)63-35-37/h12-13,21,24,31-32,36-39,41,44-50,52,55-59H,3-11,14-20,22-23,25-30,33-35H2,1-2H3,(H,60,61)/b13-12-,24-21-,32-31+/t36-,37+,38-,39-,41+,44+,45+,46-,47+,48+,49+/m0/s1. The maximum Gasteiger partial charge on any atom is 0.472 e. The second-order valence-electron chi connectivity index (χ2n) is 18.1. The fraction of sp³-hybridized carbons (Fsp3) is 0.816. The fourth-order valence-electron chi connectivity index (χ4n) is 8.16. The Morgan fingerprint density at radius 2 is 1.36 bits per heavy atom. The van der Waals surface area contributed by atoms with Gasteiger partial charge in [0.05, 0.1) is 31.0 Å². The van der Waals surface area contributed by atoms with Crippen LogP contribution in [-0.2, 0) is 37.5 Å². The lowest BCUT2D eigenvalue weighted by Gasteiger charge is -2.36. The summed E-state index contributed by atoms with van der Waals surface area (Å²) >= 11 is 0. The topological polar surface area (TPSA) is 267 Å². The molecule has 0 saturated heterocycles. The molecular formula is C49H85O16P. The molecule has 382 valence electrons. The summed E-state index contributed by atoms with van der Waals surface area (Å²) in [6.07, 6.45) is 11.3. The number of allylic oxidation sites excluding steroid dienone is 4. The number of unbranched alkanes of at least 4 members (excludes halogenated alkanes) is 15. The summed E-state index contributed by atoms with van der Waals surface area (Å²) in [6, 6.07) is 0. The van der Waals surface area contributed by atoms with E-state index in [1.807, 2.05) is 6.92 Å². The van der Waals surface area contributed by atoms with Crippen LogP contribution in [0.1, 0.15) is 174 Å². The van der Waals surface area contributed by atoms with E-state index in [1.54, 1.807) is 6.08 Å². The molecule has 12 atom stereocenters. The van der Waals surface area contributed by atoms with Crippen LogP contribution in [-0.4, -0.2) is 127 Å². The first-order valence-electron chi connectivity index (χ1n) is 24.9. The van der Waals surface area contributed by atoms with E-state index in [1.165, 1.54) is 56.8 Å². The van der Waals surface area contributed by atoms with Gasteiger partial charge >= 0.3 is 19.8 Å². The minimum Gasteiger partial charge on any atom is -0.462 e. The number of hydrogen-bond acceptors (Lipinski definition) is 15. The highest BCUT2D eigenvalue weighted by molar-refractivity contribution is 7.47. The number of phosphoric acid groups is 1. The van der Waals surface area contributed by atoms with Crippen LogP contribution in [0.5, 0.6) is 0 Å². The van der Waals surface area contributed by atoms with E-state index in [0.717, 1.165) is 64.2 Å². The number of phosphoric ester groups is 1. The van der Waals surface area contributed by atoms with Gasteiger partial charge in [0.2, 0.25) is 0 Å². The molecule has 2 bridgehead atoms. The number of hydrogen-bond donors (Lipinski definition) is 8. The molecule has 8 N–H and O–H groups in total. The predicted molar refractivity (Wildman–Crippen MR) is 250 cm³/mol. The lowest BCUT2D eigenvalue weighted by atomic mass is 9.84. The monoisotopic (exact) mass is 961 g/mol. The van der Waals surface area contributed by atoms with E-state index in [2.05, 4.69) is 19.1 Å². The van der Waals surface area contributed by atoms with Gasteiger partial charge in [-0.15, -0.1) is 0 Å². The molecule has 2 aliphatic rings. The van der Waals surface area contributed by atoms with Gasteiger partial charge in [0, 0.05) is 31.1 Å². The largest absolute Gasteiger partial charge is 0.472 e. The van der Waals surface area contributed by atoms with Gasteiger partial charge in [0.15, 0.2) is 6.10 Å². The van der Waals surface area contributed by atoms with Crippen LogP contribution in [0.15, 0.2) is 36.5 Å². The van der Waals surface area contributed by atoms with Crippen molar-refractivity contribution < 1.29 is 78.1 Å². The van der Waals surface area contributed by atoms with Crippen molar-refractivity contribution in [3.63, 3.8) is 0 Å². The van der Waals surface area contributed by atoms with E-state index >= 15 is 0 Å². The lowest BCUT2D eigenvalue weighted by Crippen LogP contribution is -2.55. The van der Waals surface area contributed by atoms with E-state index in [4.69, 9.17) is 18.5 Å². The minimum atomic E-state index is -5.46. The van der Waals surface area contributed by atoms with Crippen LogP contribution in [0.4, 0.5) is 0 Å².